The SMILES string of the molecule is Cc1cn([C@@H]2O[C@H](CO[Si](C)(C)C(C)(C)C)[C@@H](O)[C@H]2O[Si](C)(C)C(C)(C)C)c(=O)n(CC(=O)ON)c1=O. The molecule has 1 aromatic rings. The quantitative estimate of drug-likeness (QED) is 0.362. The van der Waals surface area contributed by atoms with Gasteiger partial charge in [0.05, 0.1) is 6.61 Å². The fourth-order valence-corrected chi connectivity index (χ4v) is 5.78. The summed E-state index contributed by atoms with van der Waals surface area (Å²) in [4.78, 5) is 42.0. The molecule has 0 radical (unpaired) electrons. The number of ether oxygens (including phenoxy) is 1. The molecule has 1 aliphatic heterocycles. The summed E-state index contributed by atoms with van der Waals surface area (Å²) >= 11 is 0. The molecule has 0 bridgehead atoms. The van der Waals surface area contributed by atoms with E-state index < -0.39 is 64.9 Å². The van der Waals surface area contributed by atoms with Gasteiger partial charge in [0.1, 0.15) is 24.9 Å². The largest absolute Gasteiger partial charge is 0.414 e. The van der Waals surface area contributed by atoms with Crippen LogP contribution in [0.1, 0.15) is 53.3 Å². The van der Waals surface area contributed by atoms with Crippen LogP contribution in [0.5, 0.6) is 0 Å². The topological polar surface area (TPSA) is 144 Å². The van der Waals surface area contributed by atoms with Gasteiger partial charge in [-0.2, -0.15) is 5.90 Å². The van der Waals surface area contributed by atoms with Crippen LogP contribution in [0.25, 0.3) is 0 Å². The van der Waals surface area contributed by atoms with E-state index in [0.29, 0.717) is 0 Å². The van der Waals surface area contributed by atoms with Gasteiger partial charge in [-0.1, -0.05) is 41.5 Å². The molecule has 3 N–H and O–H groups in total. The predicted octanol–water partition coefficient (Wildman–Crippen LogP) is 2.41. The Morgan fingerprint density at radius 2 is 1.62 bits per heavy atom. The Morgan fingerprint density at radius 1 is 1.08 bits per heavy atom. The van der Waals surface area contributed by atoms with E-state index in [1.54, 1.807) is 0 Å². The van der Waals surface area contributed by atoms with Crippen molar-refractivity contribution in [3.63, 3.8) is 0 Å². The zero-order valence-corrected chi connectivity index (χ0v) is 26.1. The molecule has 0 unspecified atom stereocenters. The van der Waals surface area contributed by atoms with Crippen molar-refractivity contribution in [2.45, 2.75) is 116 Å². The van der Waals surface area contributed by atoms with E-state index in [0.717, 1.165) is 4.57 Å². The van der Waals surface area contributed by atoms with Crippen LogP contribution in [-0.2, 0) is 29.8 Å². The second-order valence-corrected chi connectivity index (χ2v) is 22.4. The zero-order chi connectivity index (χ0) is 28.7. The highest BCUT2D eigenvalue weighted by atomic mass is 28.4. The molecule has 2 heterocycles. The number of rotatable bonds is 8. The third-order valence-electron chi connectivity index (χ3n) is 8.02. The molecule has 0 aliphatic carbocycles. The molecule has 0 amide bonds. The summed E-state index contributed by atoms with van der Waals surface area (Å²) in [5.74, 6) is 3.98. The predicted molar refractivity (Wildman–Crippen MR) is 145 cm³/mol. The highest BCUT2D eigenvalue weighted by molar-refractivity contribution is 6.74. The van der Waals surface area contributed by atoms with Gasteiger partial charge in [0.25, 0.3) is 5.56 Å². The van der Waals surface area contributed by atoms with Gasteiger partial charge in [0.15, 0.2) is 22.9 Å². The molecule has 1 saturated heterocycles. The van der Waals surface area contributed by atoms with Gasteiger partial charge in [0.2, 0.25) is 0 Å². The van der Waals surface area contributed by atoms with Crippen molar-refractivity contribution in [1.82, 2.24) is 9.13 Å². The number of hydrogen-bond donors (Lipinski definition) is 2. The lowest BCUT2D eigenvalue weighted by Gasteiger charge is -2.40. The lowest BCUT2D eigenvalue weighted by molar-refractivity contribution is -0.145. The Morgan fingerprint density at radius 3 is 2.11 bits per heavy atom. The van der Waals surface area contributed by atoms with E-state index in [9.17, 15) is 19.5 Å². The average Bonchev–Trinajstić information content (AvgIpc) is 3.05. The van der Waals surface area contributed by atoms with Crippen LogP contribution in [0.15, 0.2) is 15.8 Å². The minimum absolute atomic E-state index is 0.0475. The van der Waals surface area contributed by atoms with Gasteiger partial charge in [-0.25, -0.2) is 14.2 Å². The second kappa shape index (κ2) is 10.9. The van der Waals surface area contributed by atoms with Crippen LogP contribution in [-0.4, -0.2) is 61.8 Å². The van der Waals surface area contributed by atoms with Crippen molar-refractivity contribution in [2.24, 2.45) is 5.90 Å². The standard InChI is InChI=1S/C24H45N3O8Si2/c1-15-12-27(22(31)26(20(15)30)13-17(28)34-25)21-19(35-37(10,11)24(5,6)7)18(29)16(33-21)14-32-36(8,9)23(2,3)4/h12,16,18-19,21,29H,13-14,25H2,1-11H3/t16-,18-,19-,21-/m1/s1. The highest BCUT2D eigenvalue weighted by Crippen LogP contribution is 2.42. The summed E-state index contributed by atoms with van der Waals surface area (Å²) in [6.07, 6.45) is -2.45. The number of aliphatic hydroxyl groups excluding tert-OH is 1. The number of hydrogen-bond acceptors (Lipinski definition) is 9. The van der Waals surface area contributed by atoms with Gasteiger partial charge >= 0.3 is 11.7 Å². The fourth-order valence-electron chi connectivity index (χ4n) is 3.48. The maximum absolute atomic E-state index is 13.4. The fraction of sp³-hybridized carbons (Fsp3) is 0.792. The molecule has 13 heteroatoms. The summed E-state index contributed by atoms with van der Waals surface area (Å²) in [6.45, 7) is 21.9. The van der Waals surface area contributed by atoms with E-state index in [1.807, 2.05) is 13.1 Å². The molecule has 2 rings (SSSR count). The Bertz CT molecular complexity index is 1100. The lowest BCUT2D eigenvalue weighted by Crippen LogP contribution is -2.51. The molecule has 4 atom stereocenters. The molecule has 0 spiro atoms. The van der Waals surface area contributed by atoms with Crippen LogP contribution in [0.4, 0.5) is 0 Å². The summed E-state index contributed by atoms with van der Waals surface area (Å²) in [5, 5.41) is 11.2. The summed E-state index contributed by atoms with van der Waals surface area (Å²) in [5.41, 5.74) is -1.24. The first kappa shape index (κ1) is 31.6. The number of nitrogens with zero attached hydrogens (tertiary/aromatic N) is 2. The highest BCUT2D eigenvalue weighted by Gasteiger charge is 2.51. The number of aliphatic hydroxyl groups is 1. The van der Waals surface area contributed by atoms with E-state index >= 15 is 0 Å². The van der Waals surface area contributed by atoms with E-state index in [1.165, 1.54) is 17.7 Å². The molecule has 0 saturated carbocycles. The summed E-state index contributed by atoms with van der Waals surface area (Å²) in [7, 11) is -4.60. The third kappa shape index (κ3) is 6.70. The monoisotopic (exact) mass is 559 g/mol. The second-order valence-electron chi connectivity index (χ2n) is 12.9. The van der Waals surface area contributed by atoms with Gasteiger partial charge in [-0.3, -0.25) is 9.36 Å². The molecule has 212 valence electrons. The molecular weight excluding hydrogens is 514 g/mol. The van der Waals surface area contributed by atoms with Crippen LogP contribution in [0.3, 0.4) is 0 Å². The number of aromatic nitrogens is 2. The van der Waals surface area contributed by atoms with Crippen LogP contribution in [0, 0.1) is 6.92 Å². The summed E-state index contributed by atoms with van der Waals surface area (Å²) in [6, 6.07) is 0. The third-order valence-corrected chi connectivity index (χ3v) is 17.0. The minimum Gasteiger partial charge on any atom is -0.414 e. The first-order valence-corrected chi connectivity index (χ1v) is 18.3. The van der Waals surface area contributed by atoms with Crippen LogP contribution < -0.4 is 17.1 Å². The Hall–Kier alpha value is -1.62. The molecule has 1 fully saturated rings. The number of carbonyl (C=O) groups excluding carboxylic acids is 1. The smallest absolute Gasteiger partial charge is 0.344 e. The Balaban J connectivity index is 2.57. The number of nitrogens with two attached hydrogens (primary N) is 1. The normalized spacial score (nSPS) is 23.4. The maximum Gasteiger partial charge on any atom is 0.344 e. The minimum atomic E-state index is -2.44. The van der Waals surface area contributed by atoms with E-state index in [-0.39, 0.29) is 22.2 Å². The van der Waals surface area contributed by atoms with Crippen molar-refractivity contribution in [3.05, 3.63) is 32.6 Å². The Labute approximate surface area is 221 Å². The molecular formula is C24H45N3O8Si2. The number of aryl methyl sites for hydroxylation is 1. The molecule has 11 nitrogen and oxygen atoms in total. The van der Waals surface area contributed by atoms with Crippen molar-refractivity contribution < 1.29 is 28.3 Å². The lowest BCUT2D eigenvalue weighted by atomic mass is 10.1. The van der Waals surface area contributed by atoms with Gasteiger partial charge in [-0.15, -0.1) is 0 Å². The molecule has 37 heavy (non-hydrogen) atoms. The van der Waals surface area contributed by atoms with Gasteiger partial charge < -0.3 is 23.5 Å². The average molecular weight is 560 g/mol. The first-order chi connectivity index (χ1) is 16.6. The van der Waals surface area contributed by atoms with E-state index in [4.69, 9.17) is 19.5 Å². The molecule has 1 aromatic heterocycles. The van der Waals surface area contributed by atoms with Crippen molar-refractivity contribution in [3.8, 4) is 0 Å². The molecule has 0 aromatic carbocycles. The summed E-state index contributed by atoms with van der Waals surface area (Å²) < 4.78 is 21.1. The first-order valence-electron chi connectivity index (χ1n) is 12.5. The van der Waals surface area contributed by atoms with Crippen LogP contribution in [0.2, 0.25) is 36.3 Å². The maximum atomic E-state index is 13.4. The van der Waals surface area contributed by atoms with Crippen LogP contribution >= 0.6 is 0 Å². The van der Waals surface area contributed by atoms with Gasteiger partial charge in [0, 0.05) is 11.8 Å². The van der Waals surface area contributed by atoms with Crippen molar-refractivity contribution in [1.29, 1.82) is 0 Å². The van der Waals surface area contributed by atoms with Gasteiger partial charge in [-0.05, 0) is 43.2 Å². The number of carbonyl (C=O) groups is 1. The van der Waals surface area contributed by atoms with Crippen molar-refractivity contribution in [2.75, 3.05) is 6.61 Å². The Kier molecular flexibility index (Phi) is 9.28. The molecule has 1 aliphatic rings. The zero-order valence-electron chi connectivity index (χ0n) is 24.1. The van der Waals surface area contributed by atoms with E-state index in [2.05, 4.69) is 59.5 Å². The van der Waals surface area contributed by atoms with Crippen molar-refractivity contribution >= 4 is 22.6 Å².